The van der Waals surface area contributed by atoms with Crippen LogP contribution in [0, 0.1) is 12.7 Å². The maximum absolute atomic E-state index is 15.3. The number of halogens is 1. The number of H-pyrrole nitrogens is 1. The van der Waals surface area contributed by atoms with Crippen LogP contribution in [0.2, 0.25) is 0 Å². The smallest absolute Gasteiger partial charge is 0.229 e. The minimum absolute atomic E-state index is 0.0987. The monoisotopic (exact) mass is 924 g/mol. The summed E-state index contributed by atoms with van der Waals surface area (Å²) in [4.78, 5) is 18.6. The van der Waals surface area contributed by atoms with Crippen LogP contribution in [0.15, 0.2) is 158 Å². The molecular weight excluding hydrogens is 877 g/mol. The van der Waals surface area contributed by atoms with Gasteiger partial charge in [-0.3, -0.25) is 9.52 Å². The molecule has 1 atom stereocenters. The first-order valence-corrected chi connectivity index (χ1v) is 24.9. The van der Waals surface area contributed by atoms with Crippen LogP contribution in [-0.2, 0) is 19.5 Å². The van der Waals surface area contributed by atoms with Gasteiger partial charge in [0.1, 0.15) is 40.1 Å². The zero-order valence-electron chi connectivity index (χ0n) is 36.9. The fourth-order valence-corrected chi connectivity index (χ4v) is 13.2. The van der Waals surface area contributed by atoms with Crippen LogP contribution >= 0.6 is 7.41 Å². The molecule has 1 aliphatic rings. The highest BCUT2D eigenvalue weighted by molar-refractivity contribution is 7.96. The summed E-state index contributed by atoms with van der Waals surface area (Å²) in [6.07, 6.45) is 2.25. The third kappa shape index (κ3) is 8.80. The molecule has 8 aromatic rings. The molecule has 9 rings (SSSR count). The van der Waals surface area contributed by atoms with Gasteiger partial charge < -0.3 is 23.9 Å². The van der Waals surface area contributed by atoms with E-state index < -0.39 is 29.0 Å². The number of carbonyl (C=O) groups is 1. The molecule has 0 bridgehead atoms. The minimum atomic E-state index is -3.73. The van der Waals surface area contributed by atoms with E-state index in [4.69, 9.17) is 24.0 Å². The van der Waals surface area contributed by atoms with Gasteiger partial charge in [-0.15, -0.1) is 0 Å². The zero-order valence-corrected chi connectivity index (χ0v) is 38.6. The number of sulfonamides is 1. The SMILES string of the molecule is Cc1cc(-n2ncc(C(=O)c3cc4cc(OC[C@H]5COC(C)(C)O5)c(NS(C)(=O)=O)cc4[nH]3)c2N(C)[P+](c2ccccc2)(c2ccccc2)c2ccccc2)ccc1Oc1ccccc1F. The van der Waals surface area contributed by atoms with E-state index in [2.05, 4.69) is 50.8 Å². The number of ketones is 1. The number of rotatable bonds is 15. The van der Waals surface area contributed by atoms with E-state index in [0.29, 0.717) is 45.9 Å². The highest BCUT2D eigenvalue weighted by Crippen LogP contribution is 2.60. The first kappa shape index (κ1) is 44.4. The van der Waals surface area contributed by atoms with Crippen LogP contribution in [0.3, 0.4) is 0 Å². The van der Waals surface area contributed by atoms with Gasteiger partial charge in [0, 0.05) is 18.0 Å². The van der Waals surface area contributed by atoms with Crippen LogP contribution in [0.5, 0.6) is 17.2 Å². The lowest BCUT2D eigenvalue weighted by atomic mass is 10.1. The Kier molecular flexibility index (Phi) is 12.0. The number of para-hydroxylation sites is 1. The number of fused-ring (bicyclic) bond motifs is 1. The number of benzene rings is 6. The first-order chi connectivity index (χ1) is 31.7. The number of aryl methyl sites for hydroxylation is 1. The van der Waals surface area contributed by atoms with Crippen molar-refractivity contribution in [1.29, 1.82) is 0 Å². The number of aromatic nitrogens is 3. The Morgan fingerprint density at radius 3 is 2.06 bits per heavy atom. The number of ether oxygens (including phenoxy) is 4. The van der Waals surface area contributed by atoms with Crippen molar-refractivity contribution in [2.75, 3.05) is 35.9 Å². The Hall–Kier alpha value is -6.83. The predicted octanol–water partition coefficient (Wildman–Crippen LogP) is 9.07. The van der Waals surface area contributed by atoms with Crippen molar-refractivity contribution in [3.05, 3.63) is 180 Å². The quantitative estimate of drug-likeness (QED) is 0.0763. The van der Waals surface area contributed by atoms with Crippen molar-refractivity contribution in [1.82, 2.24) is 14.8 Å². The maximum Gasteiger partial charge on any atom is 0.229 e. The second-order valence-corrected chi connectivity index (χ2v) is 21.7. The second-order valence-electron chi connectivity index (χ2n) is 16.5. The summed E-state index contributed by atoms with van der Waals surface area (Å²) in [6.45, 7) is 5.91. The van der Waals surface area contributed by atoms with Crippen LogP contribution in [0.1, 0.15) is 35.5 Å². The lowest BCUT2D eigenvalue weighted by Crippen LogP contribution is -2.43. The molecule has 0 unspecified atom stereocenters. The summed E-state index contributed by atoms with van der Waals surface area (Å²) in [6, 6.07) is 47.6. The molecule has 3 heterocycles. The summed E-state index contributed by atoms with van der Waals surface area (Å²) < 4.78 is 70.2. The fraction of sp³-hybridized carbons (Fsp3) is 0.176. The molecule has 2 aromatic heterocycles. The second kappa shape index (κ2) is 17.9. The molecule has 1 saturated heterocycles. The lowest BCUT2D eigenvalue weighted by Gasteiger charge is -2.36. The summed E-state index contributed by atoms with van der Waals surface area (Å²) in [7, 11) is -4.58. The molecule has 0 spiro atoms. The number of nitrogens with one attached hydrogen (secondary N) is 2. The number of hydrogen-bond acceptors (Lipinski definition) is 9. The van der Waals surface area contributed by atoms with E-state index >= 15 is 4.79 Å². The van der Waals surface area contributed by atoms with Gasteiger partial charge in [-0.25, -0.2) is 22.2 Å². The molecule has 6 aromatic carbocycles. The van der Waals surface area contributed by atoms with Gasteiger partial charge in [-0.1, -0.05) is 66.7 Å². The third-order valence-corrected chi connectivity index (χ3v) is 16.2. The molecular formula is C51H48FN5O7PS+. The molecule has 66 heavy (non-hydrogen) atoms. The molecule has 0 amide bonds. The summed E-state index contributed by atoms with van der Waals surface area (Å²) in [5, 5.41) is 8.69. The predicted molar refractivity (Wildman–Crippen MR) is 259 cm³/mol. The van der Waals surface area contributed by atoms with E-state index in [1.54, 1.807) is 53.3 Å². The van der Waals surface area contributed by atoms with Crippen LogP contribution in [-0.4, -0.2) is 67.4 Å². The molecule has 2 N–H and O–H groups in total. The molecule has 12 nitrogen and oxygen atoms in total. The standard InChI is InChI=1S/C51H47FN5O7PS/c1-34-27-36(25-26-46(34)63-47-24-16-15-23-42(47)52)57-50(56(4)65(38-17-9-6-10-18-38,39-19-11-7-12-20-39)40-21-13-8-14-22-40)41(31-53-57)49(58)45-28-35-29-48(61-32-37-33-62-51(2,3)64-37)44(30-43(35)54-45)55-66(5,59)60/h6-31,37H,32-33H2,1-5H3,(H-,54,55,58)/p+1/t37-/m0/s1. The van der Waals surface area contributed by atoms with Crippen molar-refractivity contribution in [3.8, 4) is 22.9 Å². The highest BCUT2D eigenvalue weighted by Gasteiger charge is 2.52. The van der Waals surface area contributed by atoms with E-state index in [-0.39, 0.29) is 41.4 Å². The summed E-state index contributed by atoms with van der Waals surface area (Å²) in [5.41, 5.74) is 2.58. The molecule has 0 radical (unpaired) electrons. The zero-order chi connectivity index (χ0) is 46.2. The fourth-order valence-electron chi connectivity index (χ4n) is 8.42. The average molecular weight is 925 g/mol. The first-order valence-electron chi connectivity index (χ1n) is 21.3. The molecule has 0 saturated carbocycles. The molecule has 336 valence electrons. The van der Waals surface area contributed by atoms with E-state index in [1.807, 2.05) is 94.5 Å². The molecule has 0 aliphatic carbocycles. The normalized spacial score (nSPS) is 14.8. The summed E-state index contributed by atoms with van der Waals surface area (Å²) >= 11 is 0. The van der Waals surface area contributed by atoms with Crippen LogP contribution in [0.25, 0.3) is 16.6 Å². The number of hydrogen-bond donors (Lipinski definition) is 2. The van der Waals surface area contributed by atoms with Crippen LogP contribution < -0.4 is 34.8 Å². The van der Waals surface area contributed by atoms with Crippen molar-refractivity contribution in [2.45, 2.75) is 32.7 Å². The Balaban J connectivity index is 1.20. The van der Waals surface area contributed by atoms with Crippen molar-refractivity contribution < 1.29 is 36.6 Å². The summed E-state index contributed by atoms with van der Waals surface area (Å²) in [5.74, 6) is -0.286. The Morgan fingerprint density at radius 2 is 1.48 bits per heavy atom. The number of anilines is 2. The maximum atomic E-state index is 15.3. The van der Waals surface area contributed by atoms with Gasteiger partial charge in [-0.2, -0.15) is 5.10 Å². The van der Waals surface area contributed by atoms with Crippen molar-refractivity contribution in [3.63, 3.8) is 0 Å². The molecule has 1 aliphatic heterocycles. The largest absolute Gasteiger partial charge is 0.489 e. The molecule has 1 fully saturated rings. The average Bonchev–Trinajstić information content (AvgIpc) is 4.04. The Bertz CT molecular complexity index is 3070. The Morgan fingerprint density at radius 1 is 0.864 bits per heavy atom. The van der Waals surface area contributed by atoms with Gasteiger partial charge in [0.15, 0.2) is 23.2 Å². The minimum Gasteiger partial charge on any atom is -0.489 e. The third-order valence-electron chi connectivity index (χ3n) is 11.3. The van der Waals surface area contributed by atoms with Crippen molar-refractivity contribution >= 4 is 61.5 Å². The van der Waals surface area contributed by atoms with Gasteiger partial charge in [0.05, 0.1) is 41.7 Å². The lowest BCUT2D eigenvalue weighted by molar-refractivity contribution is -0.141. The van der Waals surface area contributed by atoms with Gasteiger partial charge in [-0.05, 0) is 111 Å². The number of nitrogens with zero attached hydrogens (tertiary/aromatic N) is 3. The van der Waals surface area contributed by atoms with Crippen LogP contribution in [0.4, 0.5) is 15.9 Å². The van der Waals surface area contributed by atoms with E-state index in [0.717, 1.165) is 22.2 Å². The number of aromatic amines is 1. The van der Waals surface area contributed by atoms with Gasteiger partial charge in [0.2, 0.25) is 23.2 Å². The topological polar surface area (TPSA) is 137 Å². The molecule has 15 heteroatoms. The Labute approximate surface area is 383 Å². The highest BCUT2D eigenvalue weighted by atomic mass is 32.2. The van der Waals surface area contributed by atoms with E-state index in [1.165, 1.54) is 6.07 Å². The van der Waals surface area contributed by atoms with Gasteiger partial charge in [0.25, 0.3) is 0 Å². The number of carbonyl (C=O) groups excluding carboxylic acids is 1. The van der Waals surface area contributed by atoms with E-state index in [9.17, 15) is 12.8 Å². The van der Waals surface area contributed by atoms with Crippen molar-refractivity contribution in [2.24, 2.45) is 0 Å². The van der Waals surface area contributed by atoms with Gasteiger partial charge >= 0.3 is 0 Å².